The summed E-state index contributed by atoms with van der Waals surface area (Å²) in [4.78, 5) is 0. The van der Waals surface area contributed by atoms with Crippen LogP contribution in [0.15, 0.2) is 12.1 Å². The Hall–Kier alpha value is -1.29. The van der Waals surface area contributed by atoms with Gasteiger partial charge in [-0.1, -0.05) is 31.4 Å². The first-order valence-electron chi connectivity index (χ1n) is 5.93. The number of benzene rings is 1. The van der Waals surface area contributed by atoms with Crippen LogP contribution in [0.5, 0.6) is 0 Å². The average molecular weight is 271 g/mol. The molecule has 0 saturated carbocycles. The summed E-state index contributed by atoms with van der Waals surface area (Å²) in [5.74, 6) is -1.39. The van der Waals surface area contributed by atoms with Crippen LogP contribution in [-0.2, 0) is 6.42 Å². The van der Waals surface area contributed by atoms with Crippen LogP contribution in [0.1, 0.15) is 31.9 Å². The smallest absolute Gasteiger partial charge is 0.154 e. The molecular weight excluding hydrogens is 258 g/mol. The Morgan fingerprint density at radius 3 is 2.67 bits per heavy atom. The van der Waals surface area contributed by atoms with Gasteiger partial charge in [-0.05, 0) is 18.9 Å². The molecule has 0 atom stereocenters. The Balaban J connectivity index is 2.43. The zero-order valence-corrected chi connectivity index (χ0v) is 10.8. The van der Waals surface area contributed by atoms with Crippen LogP contribution in [0, 0.1) is 11.6 Å². The highest BCUT2D eigenvalue weighted by atomic mass is 35.5. The zero-order chi connectivity index (χ0) is 13.1. The maximum Gasteiger partial charge on any atom is 0.154 e. The molecule has 0 bridgehead atoms. The molecule has 0 amide bonds. The Morgan fingerprint density at radius 1 is 1.17 bits per heavy atom. The SMILES string of the molecule is CCCCCc1nnc2c(F)cc(F)cc2c1Cl. The number of hydrogen-bond donors (Lipinski definition) is 0. The van der Waals surface area contributed by atoms with E-state index in [0.29, 0.717) is 17.1 Å². The van der Waals surface area contributed by atoms with E-state index >= 15 is 0 Å². The lowest BCUT2D eigenvalue weighted by Crippen LogP contribution is -1.98. The molecule has 2 aromatic rings. The van der Waals surface area contributed by atoms with Crippen molar-refractivity contribution >= 4 is 22.5 Å². The van der Waals surface area contributed by atoms with Gasteiger partial charge >= 0.3 is 0 Å². The minimum Gasteiger partial charge on any atom is -0.207 e. The third kappa shape index (κ3) is 2.58. The van der Waals surface area contributed by atoms with Crippen molar-refractivity contribution in [3.05, 3.63) is 34.5 Å². The van der Waals surface area contributed by atoms with E-state index in [1.54, 1.807) is 0 Å². The molecule has 0 aliphatic rings. The maximum atomic E-state index is 13.5. The highest BCUT2D eigenvalue weighted by Crippen LogP contribution is 2.27. The lowest BCUT2D eigenvalue weighted by atomic mass is 10.1. The second-order valence-electron chi connectivity index (χ2n) is 4.20. The number of unbranched alkanes of at least 4 members (excludes halogenated alkanes) is 2. The van der Waals surface area contributed by atoms with Crippen LogP contribution in [0.3, 0.4) is 0 Å². The van der Waals surface area contributed by atoms with Crippen LogP contribution in [0.25, 0.3) is 10.9 Å². The van der Waals surface area contributed by atoms with Crippen molar-refractivity contribution in [1.82, 2.24) is 10.2 Å². The van der Waals surface area contributed by atoms with Crippen LogP contribution in [0.2, 0.25) is 5.02 Å². The molecule has 96 valence electrons. The predicted molar refractivity (Wildman–Crippen MR) is 67.7 cm³/mol. The molecule has 1 aromatic carbocycles. The van der Waals surface area contributed by atoms with E-state index in [4.69, 9.17) is 11.6 Å². The fourth-order valence-corrected chi connectivity index (χ4v) is 2.12. The number of aromatic nitrogens is 2. The fraction of sp³-hybridized carbons (Fsp3) is 0.385. The van der Waals surface area contributed by atoms with Gasteiger partial charge < -0.3 is 0 Å². The normalized spacial score (nSPS) is 11.1. The molecule has 0 N–H and O–H groups in total. The quantitative estimate of drug-likeness (QED) is 0.775. The van der Waals surface area contributed by atoms with Gasteiger partial charge in [-0.3, -0.25) is 0 Å². The summed E-state index contributed by atoms with van der Waals surface area (Å²) in [6, 6.07) is 1.98. The molecule has 5 heteroatoms. The number of halogens is 3. The number of rotatable bonds is 4. The van der Waals surface area contributed by atoms with Crippen molar-refractivity contribution in [1.29, 1.82) is 0 Å². The molecule has 0 radical (unpaired) electrons. The van der Waals surface area contributed by atoms with Crippen LogP contribution >= 0.6 is 11.6 Å². The van der Waals surface area contributed by atoms with Gasteiger partial charge in [-0.25, -0.2) is 8.78 Å². The first-order valence-corrected chi connectivity index (χ1v) is 6.31. The number of nitrogens with zero attached hydrogens (tertiary/aromatic N) is 2. The van der Waals surface area contributed by atoms with Crippen molar-refractivity contribution < 1.29 is 8.78 Å². The second-order valence-corrected chi connectivity index (χ2v) is 4.58. The van der Waals surface area contributed by atoms with Gasteiger partial charge in [0.05, 0.1) is 10.7 Å². The lowest BCUT2D eigenvalue weighted by molar-refractivity contribution is 0.589. The summed E-state index contributed by atoms with van der Waals surface area (Å²) in [5, 5.41) is 8.30. The summed E-state index contributed by atoms with van der Waals surface area (Å²) in [5.41, 5.74) is 0.614. The topological polar surface area (TPSA) is 25.8 Å². The maximum absolute atomic E-state index is 13.5. The van der Waals surface area contributed by atoms with Crippen LogP contribution < -0.4 is 0 Å². The van der Waals surface area contributed by atoms with E-state index in [9.17, 15) is 8.78 Å². The summed E-state index contributed by atoms with van der Waals surface area (Å²) < 4.78 is 26.6. The van der Waals surface area contributed by atoms with Gasteiger partial charge in [0.2, 0.25) is 0 Å². The van der Waals surface area contributed by atoms with Crippen molar-refractivity contribution in [2.24, 2.45) is 0 Å². The molecule has 0 fully saturated rings. The summed E-state index contributed by atoms with van der Waals surface area (Å²) in [6.45, 7) is 2.10. The standard InChI is InChI=1S/C13H13ClF2N2/c1-2-3-4-5-11-12(14)9-6-8(15)7-10(16)13(9)18-17-11/h6-7H,2-5H2,1H3. The third-order valence-electron chi connectivity index (χ3n) is 2.81. The van der Waals surface area contributed by atoms with Crippen molar-refractivity contribution in [2.75, 3.05) is 0 Å². The van der Waals surface area contributed by atoms with Crippen molar-refractivity contribution in [2.45, 2.75) is 32.6 Å². The van der Waals surface area contributed by atoms with Crippen molar-refractivity contribution in [3.8, 4) is 0 Å². The molecule has 1 heterocycles. The molecule has 18 heavy (non-hydrogen) atoms. The molecule has 0 aliphatic carbocycles. The number of fused-ring (bicyclic) bond motifs is 1. The van der Waals surface area contributed by atoms with Gasteiger partial charge in [0.25, 0.3) is 0 Å². The Bertz CT molecular complexity index is 572. The fourth-order valence-electron chi connectivity index (χ4n) is 1.85. The van der Waals surface area contributed by atoms with E-state index in [1.165, 1.54) is 6.07 Å². The molecular formula is C13H13ClF2N2. The molecule has 2 rings (SSSR count). The summed E-state index contributed by atoms with van der Waals surface area (Å²) in [7, 11) is 0. The summed E-state index contributed by atoms with van der Waals surface area (Å²) >= 11 is 6.13. The van der Waals surface area contributed by atoms with Gasteiger partial charge in [0.1, 0.15) is 11.3 Å². The highest BCUT2D eigenvalue weighted by molar-refractivity contribution is 6.35. The molecule has 0 unspecified atom stereocenters. The van der Waals surface area contributed by atoms with E-state index in [-0.39, 0.29) is 10.9 Å². The Kier molecular flexibility index (Phi) is 4.07. The first kappa shape index (κ1) is 13.1. The monoisotopic (exact) mass is 270 g/mol. The van der Waals surface area contributed by atoms with E-state index < -0.39 is 11.6 Å². The lowest BCUT2D eigenvalue weighted by Gasteiger charge is -2.06. The molecule has 0 aliphatic heterocycles. The van der Waals surface area contributed by atoms with Gasteiger partial charge in [-0.15, -0.1) is 5.10 Å². The van der Waals surface area contributed by atoms with Crippen molar-refractivity contribution in [3.63, 3.8) is 0 Å². The third-order valence-corrected chi connectivity index (χ3v) is 3.23. The highest BCUT2D eigenvalue weighted by Gasteiger charge is 2.13. The minimum atomic E-state index is -0.737. The van der Waals surface area contributed by atoms with E-state index in [0.717, 1.165) is 25.3 Å². The van der Waals surface area contributed by atoms with Gasteiger partial charge in [0.15, 0.2) is 5.82 Å². The average Bonchev–Trinajstić information content (AvgIpc) is 2.33. The molecule has 0 saturated heterocycles. The van der Waals surface area contributed by atoms with Gasteiger partial charge in [0, 0.05) is 11.5 Å². The number of hydrogen-bond acceptors (Lipinski definition) is 2. The molecule has 1 aromatic heterocycles. The molecule has 0 spiro atoms. The minimum absolute atomic E-state index is 0.0145. The molecule has 2 nitrogen and oxygen atoms in total. The van der Waals surface area contributed by atoms with E-state index in [2.05, 4.69) is 17.1 Å². The first-order chi connectivity index (χ1) is 8.63. The Morgan fingerprint density at radius 2 is 1.94 bits per heavy atom. The summed E-state index contributed by atoms with van der Waals surface area (Å²) in [6.07, 6.45) is 3.76. The number of aryl methyl sites for hydroxylation is 1. The van der Waals surface area contributed by atoms with Gasteiger partial charge in [-0.2, -0.15) is 5.10 Å². The predicted octanol–water partition coefficient (Wildman–Crippen LogP) is 4.29. The zero-order valence-electron chi connectivity index (χ0n) is 10.0. The van der Waals surface area contributed by atoms with Crippen LogP contribution in [-0.4, -0.2) is 10.2 Å². The van der Waals surface area contributed by atoms with Crippen LogP contribution in [0.4, 0.5) is 8.78 Å². The van der Waals surface area contributed by atoms with E-state index in [1.807, 2.05) is 0 Å². The second kappa shape index (κ2) is 5.57. The Labute approximate surface area is 109 Å². The largest absolute Gasteiger partial charge is 0.207 e.